The Bertz CT molecular complexity index is 651. The van der Waals surface area contributed by atoms with Gasteiger partial charge in [-0.15, -0.1) is 0 Å². The molecule has 2 amide bonds. The molecular formula is C17H21ClN2O4. The van der Waals surface area contributed by atoms with E-state index in [1.54, 1.807) is 35.1 Å². The number of ether oxygens (including phenoxy) is 2. The topological polar surface area (TPSA) is 59.1 Å². The van der Waals surface area contributed by atoms with Crippen molar-refractivity contribution in [3.63, 3.8) is 0 Å². The number of halogens is 1. The number of rotatable bonds is 3. The molecule has 0 radical (unpaired) electrons. The molecular weight excluding hydrogens is 332 g/mol. The third-order valence-corrected chi connectivity index (χ3v) is 4.69. The van der Waals surface area contributed by atoms with Crippen LogP contribution in [0.2, 0.25) is 5.02 Å². The van der Waals surface area contributed by atoms with Crippen LogP contribution in [0.25, 0.3) is 0 Å². The zero-order chi connectivity index (χ0) is 17.3. The van der Waals surface area contributed by atoms with Crippen molar-refractivity contribution in [3.05, 3.63) is 23.2 Å². The Kier molecular flexibility index (Phi) is 4.96. The largest absolute Gasteiger partial charge is 0.495 e. The molecule has 3 rings (SSSR count). The van der Waals surface area contributed by atoms with Gasteiger partial charge in [0.15, 0.2) is 0 Å². The number of anilines is 1. The van der Waals surface area contributed by atoms with E-state index < -0.39 is 0 Å². The van der Waals surface area contributed by atoms with Crippen molar-refractivity contribution >= 4 is 29.1 Å². The van der Waals surface area contributed by atoms with Crippen molar-refractivity contribution in [1.82, 2.24) is 4.90 Å². The van der Waals surface area contributed by atoms with Crippen LogP contribution in [0, 0.1) is 5.92 Å². The zero-order valence-electron chi connectivity index (χ0n) is 13.8. The minimum Gasteiger partial charge on any atom is -0.495 e. The molecule has 2 unspecified atom stereocenters. The number of nitrogens with zero attached hydrogens (tertiary/aromatic N) is 2. The maximum absolute atomic E-state index is 12.7. The molecule has 0 saturated carbocycles. The second-order valence-electron chi connectivity index (χ2n) is 6.19. The summed E-state index contributed by atoms with van der Waals surface area (Å²) in [6.45, 7) is 3.99. The van der Waals surface area contributed by atoms with Crippen LogP contribution >= 0.6 is 11.6 Å². The van der Waals surface area contributed by atoms with Gasteiger partial charge in [-0.05, 0) is 25.1 Å². The highest BCUT2D eigenvalue weighted by atomic mass is 35.5. The van der Waals surface area contributed by atoms with E-state index in [1.807, 2.05) is 6.92 Å². The van der Waals surface area contributed by atoms with E-state index in [0.29, 0.717) is 42.7 Å². The summed E-state index contributed by atoms with van der Waals surface area (Å²) in [6.07, 6.45) is 0.240. The van der Waals surface area contributed by atoms with Gasteiger partial charge in [0.25, 0.3) is 0 Å². The van der Waals surface area contributed by atoms with Crippen molar-refractivity contribution in [3.8, 4) is 5.75 Å². The van der Waals surface area contributed by atoms with Gasteiger partial charge in [0.1, 0.15) is 5.75 Å². The molecule has 130 valence electrons. The lowest BCUT2D eigenvalue weighted by Crippen LogP contribution is -2.47. The summed E-state index contributed by atoms with van der Waals surface area (Å²) >= 11 is 6.05. The Morgan fingerprint density at radius 2 is 2.17 bits per heavy atom. The molecule has 24 heavy (non-hydrogen) atoms. The van der Waals surface area contributed by atoms with E-state index >= 15 is 0 Å². The van der Waals surface area contributed by atoms with Crippen molar-refractivity contribution < 1.29 is 19.1 Å². The molecule has 6 nitrogen and oxygen atoms in total. The third-order valence-electron chi connectivity index (χ3n) is 4.46. The number of morpholine rings is 1. The molecule has 7 heteroatoms. The first-order chi connectivity index (χ1) is 11.5. The second kappa shape index (κ2) is 6.99. The fourth-order valence-electron chi connectivity index (χ4n) is 3.26. The molecule has 2 atom stereocenters. The minimum absolute atomic E-state index is 0.0157. The summed E-state index contributed by atoms with van der Waals surface area (Å²) < 4.78 is 10.8. The fourth-order valence-corrected chi connectivity index (χ4v) is 3.42. The molecule has 0 aromatic heterocycles. The highest BCUT2D eigenvalue weighted by molar-refractivity contribution is 6.31. The van der Waals surface area contributed by atoms with E-state index in [4.69, 9.17) is 21.1 Å². The Balaban J connectivity index is 1.76. The molecule has 0 bridgehead atoms. The standard InChI is InChI=1S/C17H21ClN2O4/c1-11-9-19(5-6-24-11)17(22)12-7-16(21)20(10-12)14-8-13(18)3-4-15(14)23-2/h3-4,8,11-12H,5-7,9-10H2,1-2H3. The van der Waals surface area contributed by atoms with E-state index in [9.17, 15) is 9.59 Å². The first-order valence-corrected chi connectivity index (χ1v) is 8.41. The Morgan fingerprint density at radius 1 is 1.38 bits per heavy atom. The Morgan fingerprint density at radius 3 is 2.88 bits per heavy atom. The minimum atomic E-state index is -0.341. The third kappa shape index (κ3) is 3.35. The van der Waals surface area contributed by atoms with E-state index in [0.717, 1.165) is 0 Å². The lowest BCUT2D eigenvalue weighted by atomic mass is 10.1. The predicted molar refractivity (Wildman–Crippen MR) is 90.5 cm³/mol. The lowest BCUT2D eigenvalue weighted by molar-refractivity contribution is -0.142. The van der Waals surface area contributed by atoms with Gasteiger partial charge in [-0.3, -0.25) is 9.59 Å². The molecule has 1 aromatic carbocycles. The number of carbonyl (C=O) groups is 2. The van der Waals surface area contributed by atoms with Gasteiger partial charge in [0.2, 0.25) is 11.8 Å². The normalized spacial score (nSPS) is 24.4. The smallest absolute Gasteiger partial charge is 0.228 e. The maximum atomic E-state index is 12.7. The number of benzene rings is 1. The van der Waals surface area contributed by atoms with E-state index in [-0.39, 0.29) is 30.3 Å². The Labute approximate surface area is 146 Å². The summed E-state index contributed by atoms with van der Waals surface area (Å²) in [7, 11) is 1.55. The number of carbonyl (C=O) groups excluding carboxylic acids is 2. The molecule has 2 heterocycles. The second-order valence-corrected chi connectivity index (χ2v) is 6.62. The molecule has 1 aromatic rings. The number of methoxy groups -OCH3 is 1. The van der Waals surface area contributed by atoms with E-state index in [2.05, 4.69) is 0 Å². The molecule has 0 aliphatic carbocycles. The lowest BCUT2D eigenvalue weighted by Gasteiger charge is -2.32. The van der Waals surface area contributed by atoms with Crippen LogP contribution in [0.15, 0.2) is 18.2 Å². The van der Waals surface area contributed by atoms with Gasteiger partial charge >= 0.3 is 0 Å². The van der Waals surface area contributed by atoms with Crippen LogP contribution in [-0.2, 0) is 14.3 Å². The van der Waals surface area contributed by atoms with Crippen LogP contribution < -0.4 is 9.64 Å². The van der Waals surface area contributed by atoms with Crippen LogP contribution in [-0.4, -0.2) is 56.2 Å². The summed E-state index contributed by atoms with van der Waals surface area (Å²) in [5.74, 6) is 0.157. The molecule has 2 saturated heterocycles. The molecule has 2 fully saturated rings. The number of hydrogen-bond donors (Lipinski definition) is 0. The van der Waals surface area contributed by atoms with Gasteiger partial charge in [-0.2, -0.15) is 0 Å². The van der Waals surface area contributed by atoms with Crippen molar-refractivity contribution in [2.24, 2.45) is 5.92 Å². The average Bonchev–Trinajstić information content (AvgIpc) is 2.95. The van der Waals surface area contributed by atoms with Gasteiger partial charge < -0.3 is 19.3 Å². The molecule has 0 N–H and O–H groups in total. The fraction of sp³-hybridized carbons (Fsp3) is 0.529. The number of amides is 2. The van der Waals surface area contributed by atoms with Gasteiger partial charge in [-0.25, -0.2) is 0 Å². The highest BCUT2D eigenvalue weighted by Crippen LogP contribution is 2.35. The summed E-state index contributed by atoms with van der Waals surface area (Å²) in [6, 6.07) is 5.13. The maximum Gasteiger partial charge on any atom is 0.228 e. The summed E-state index contributed by atoms with van der Waals surface area (Å²) in [5.41, 5.74) is 0.612. The first kappa shape index (κ1) is 17.0. The van der Waals surface area contributed by atoms with Crippen LogP contribution in [0.1, 0.15) is 13.3 Å². The van der Waals surface area contributed by atoms with Crippen molar-refractivity contribution in [2.45, 2.75) is 19.4 Å². The first-order valence-electron chi connectivity index (χ1n) is 8.04. The summed E-state index contributed by atoms with van der Waals surface area (Å²) in [4.78, 5) is 28.6. The number of hydrogen-bond acceptors (Lipinski definition) is 4. The SMILES string of the molecule is COc1ccc(Cl)cc1N1CC(C(=O)N2CCOC(C)C2)CC1=O. The van der Waals surface area contributed by atoms with Crippen molar-refractivity contribution in [1.29, 1.82) is 0 Å². The van der Waals surface area contributed by atoms with Gasteiger partial charge in [-0.1, -0.05) is 11.6 Å². The monoisotopic (exact) mass is 352 g/mol. The quantitative estimate of drug-likeness (QED) is 0.834. The Hall–Kier alpha value is -1.79. The molecule has 2 aliphatic heterocycles. The van der Waals surface area contributed by atoms with Gasteiger partial charge in [0, 0.05) is 31.1 Å². The zero-order valence-corrected chi connectivity index (χ0v) is 14.6. The van der Waals surface area contributed by atoms with E-state index in [1.165, 1.54) is 0 Å². The van der Waals surface area contributed by atoms with Gasteiger partial charge in [0.05, 0.1) is 31.4 Å². The highest BCUT2D eigenvalue weighted by Gasteiger charge is 2.39. The average molecular weight is 353 g/mol. The summed E-state index contributed by atoms with van der Waals surface area (Å²) in [5, 5.41) is 0.524. The molecule has 2 aliphatic rings. The van der Waals surface area contributed by atoms with Crippen LogP contribution in [0.3, 0.4) is 0 Å². The van der Waals surface area contributed by atoms with Crippen LogP contribution in [0.5, 0.6) is 5.75 Å². The van der Waals surface area contributed by atoms with Crippen LogP contribution in [0.4, 0.5) is 5.69 Å². The predicted octanol–water partition coefficient (Wildman–Crippen LogP) is 1.95. The van der Waals surface area contributed by atoms with Crippen molar-refractivity contribution in [2.75, 3.05) is 38.3 Å². The molecule has 0 spiro atoms.